The molecular formula is C42H35N7O6S. The van der Waals surface area contributed by atoms with Gasteiger partial charge in [-0.2, -0.15) is 0 Å². The first-order chi connectivity index (χ1) is 27.3. The van der Waals surface area contributed by atoms with E-state index >= 15 is 0 Å². The number of nitrogen functional groups attached to an aromatic ring is 1. The molecule has 1 amide bonds. The number of nitrogens with one attached hydrogen (secondary N) is 1. The number of benzene rings is 4. The molecular weight excluding hydrogens is 731 g/mol. The number of amides is 1. The van der Waals surface area contributed by atoms with Crippen LogP contribution in [-0.4, -0.2) is 61.1 Å². The van der Waals surface area contributed by atoms with Crippen molar-refractivity contribution >= 4 is 44.4 Å². The highest BCUT2D eigenvalue weighted by Gasteiger charge is 2.55. The Bertz CT molecular complexity index is 2570. The van der Waals surface area contributed by atoms with E-state index in [2.05, 4.69) is 20.3 Å². The molecule has 7 aromatic rings. The van der Waals surface area contributed by atoms with Gasteiger partial charge in [0.25, 0.3) is 5.91 Å². The van der Waals surface area contributed by atoms with Crippen molar-refractivity contribution in [2.24, 2.45) is 0 Å². The number of rotatable bonds is 8. The zero-order valence-corrected chi connectivity index (χ0v) is 31.1. The number of para-hydroxylation sites is 1. The Labute approximate surface area is 324 Å². The lowest BCUT2D eigenvalue weighted by Gasteiger charge is -2.28. The Morgan fingerprint density at radius 2 is 1.64 bits per heavy atom. The Hall–Kier alpha value is -6.19. The van der Waals surface area contributed by atoms with Gasteiger partial charge in [0.15, 0.2) is 35.0 Å². The maximum atomic E-state index is 14.3. The van der Waals surface area contributed by atoms with Crippen molar-refractivity contribution in [1.29, 1.82) is 0 Å². The molecule has 0 radical (unpaired) electrons. The van der Waals surface area contributed by atoms with Gasteiger partial charge in [-0.05, 0) is 38.1 Å². The van der Waals surface area contributed by atoms with Crippen molar-refractivity contribution < 1.29 is 28.5 Å². The molecule has 3 N–H and O–H groups in total. The lowest BCUT2D eigenvalue weighted by molar-refractivity contribution is -0.191. The number of hydrogen-bond acceptors (Lipinski definition) is 12. The van der Waals surface area contributed by atoms with Crippen LogP contribution in [0.3, 0.4) is 0 Å². The summed E-state index contributed by atoms with van der Waals surface area (Å²) < 4.78 is 35.6. The largest absolute Gasteiger partial charge is 0.440 e. The molecule has 13 nitrogen and oxygen atoms in total. The van der Waals surface area contributed by atoms with Crippen LogP contribution in [0.25, 0.3) is 32.0 Å². The minimum absolute atomic E-state index is 0.187. The number of carbonyl (C=O) groups is 1. The molecule has 280 valence electrons. The van der Waals surface area contributed by atoms with E-state index in [0.29, 0.717) is 28.2 Å². The van der Waals surface area contributed by atoms with E-state index in [-0.39, 0.29) is 18.3 Å². The van der Waals surface area contributed by atoms with Gasteiger partial charge in [0.1, 0.15) is 35.2 Å². The summed E-state index contributed by atoms with van der Waals surface area (Å²) >= 11 is 1.55. The monoisotopic (exact) mass is 765 g/mol. The molecule has 4 atom stereocenters. The molecule has 2 saturated heterocycles. The molecule has 3 aliphatic heterocycles. The van der Waals surface area contributed by atoms with Gasteiger partial charge in [-0.15, -0.1) is 11.3 Å². The minimum atomic E-state index is -1.33. The van der Waals surface area contributed by atoms with Crippen LogP contribution in [-0.2, 0) is 20.0 Å². The van der Waals surface area contributed by atoms with Gasteiger partial charge >= 0.3 is 5.79 Å². The molecule has 10 rings (SSSR count). The third kappa shape index (κ3) is 5.76. The Morgan fingerprint density at radius 3 is 2.41 bits per heavy atom. The normalized spacial score (nSPS) is 21.9. The number of hydrogen-bond donors (Lipinski definition) is 2. The Balaban J connectivity index is 0.953. The summed E-state index contributed by atoms with van der Waals surface area (Å²) in [6.07, 6.45) is 4.76. The summed E-state index contributed by atoms with van der Waals surface area (Å²) in [5.74, 6) is -1.46. The van der Waals surface area contributed by atoms with Crippen molar-refractivity contribution in [3.8, 4) is 22.1 Å². The molecule has 6 heterocycles. The van der Waals surface area contributed by atoms with Gasteiger partial charge < -0.3 is 34.7 Å². The smallest absolute Gasteiger partial charge is 0.305 e. The fourth-order valence-electron chi connectivity index (χ4n) is 7.60. The second kappa shape index (κ2) is 13.2. The van der Waals surface area contributed by atoms with E-state index < -0.39 is 36.1 Å². The Kier molecular flexibility index (Phi) is 8.11. The average molecular weight is 766 g/mol. The van der Waals surface area contributed by atoms with E-state index in [1.807, 2.05) is 123 Å². The quantitative estimate of drug-likeness (QED) is 0.158. The highest BCUT2D eigenvalue weighted by molar-refractivity contribution is 7.21. The number of thiazole rings is 1. The number of nitrogens with two attached hydrogens (primary N) is 1. The maximum Gasteiger partial charge on any atom is 0.305 e. The summed E-state index contributed by atoms with van der Waals surface area (Å²) in [6, 6.07) is 31.1. The first-order valence-electron chi connectivity index (χ1n) is 18.2. The van der Waals surface area contributed by atoms with Gasteiger partial charge in [-0.1, -0.05) is 84.9 Å². The van der Waals surface area contributed by atoms with Gasteiger partial charge in [0.2, 0.25) is 0 Å². The van der Waals surface area contributed by atoms with Crippen LogP contribution in [0.5, 0.6) is 11.5 Å². The van der Waals surface area contributed by atoms with Crippen LogP contribution in [0, 0.1) is 0 Å². The van der Waals surface area contributed by atoms with Gasteiger partial charge in [0, 0.05) is 23.2 Å². The molecule has 3 aromatic heterocycles. The number of fused-ring (bicyclic) bond motifs is 4. The van der Waals surface area contributed by atoms with Gasteiger partial charge in [-0.25, -0.2) is 19.9 Å². The number of aromatic nitrogens is 5. The second-order valence-electron chi connectivity index (χ2n) is 14.2. The molecule has 3 aliphatic rings. The zero-order chi connectivity index (χ0) is 38.0. The number of imidazole rings is 1. The predicted molar refractivity (Wildman–Crippen MR) is 209 cm³/mol. The molecule has 0 saturated carbocycles. The van der Waals surface area contributed by atoms with Crippen LogP contribution in [0.15, 0.2) is 122 Å². The topological polar surface area (TPSA) is 158 Å². The molecule has 0 spiro atoms. The first-order valence-corrected chi connectivity index (χ1v) is 19.0. The van der Waals surface area contributed by atoms with Crippen molar-refractivity contribution in [3.63, 3.8) is 0 Å². The summed E-state index contributed by atoms with van der Waals surface area (Å²) in [5, 5.41) is 3.81. The second-order valence-corrected chi connectivity index (χ2v) is 15.2. The first kappa shape index (κ1) is 34.3. The summed E-state index contributed by atoms with van der Waals surface area (Å²) in [4.78, 5) is 32.0. The van der Waals surface area contributed by atoms with Crippen LogP contribution in [0.1, 0.15) is 41.6 Å². The lowest BCUT2D eigenvalue weighted by Crippen LogP contribution is -2.37. The minimum Gasteiger partial charge on any atom is -0.440 e. The molecule has 0 bridgehead atoms. The lowest BCUT2D eigenvalue weighted by atomic mass is 9.97. The molecule has 0 unspecified atom stereocenters. The number of ether oxygens (including phenoxy) is 5. The third-order valence-electron chi connectivity index (χ3n) is 10.1. The van der Waals surface area contributed by atoms with Crippen molar-refractivity contribution in [3.05, 3.63) is 139 Å². The van der Waals surface area contributed by atoms with Crippen molar-refractivity contribution in [2.45, 2.75) is 50.0 Å². The average Bonchev–Trinajstić information content (AvgIpc) is 4.04. The predicted octanol–water partition coefficient (Wildman–Crippen LogP) is 6.76. The highest BCUT2D eigenvalue weighted by Crippen LogP contribution is 2.51. The molecule has 0 aliphatic carbocycles. The molecule has 4 aromatic carbocycles. The maximum absolute atomic E-state index is 14.3. The summed E-state index contributed by atoms with van der Waals surface area (Å²) in [6.45, 7) is 3.92. The van der Waals surface area contributed by atoms with Crippen LogP contribution < -0.4 is 20.5 Å². The van der Waals surface area contributed by atoms with Crippen molar-refractivity contribution in [2.75, 3.05) is 12.3 Å². The fourth-order valence-corrected chi connectivity index (χ4v) is 8.55. The Morgan fingerprint density at radius 1 is 0.911 bits per heavy atom. The van der Waals surface area contributed by atoms with Gasteiger partial charge in [0.05, 0.1) is 22.1 Å². The summed E-state index contributed by atoms with van der Waals surface area (Å²) in [7, 11) is 0. The van der Waals surface area contributed by atoms with E-state index in [9.17, 15) is 4.79 Å². The summed E-state index contributed by atoms with van der Waals surface area (Å²) in [5.41, 5.74) is 10.6. The fraction of sp³-hybridized carbons (Fsp3) is 0.214. The zero-order valence-electron chi connectivity index (χ0n) is 30.2. The van der Waals surface area contributed by atoms with Gasteiger partial charge in [-0.3, -0.25) is 9.36 Å². The van der Waals surface area contributed by atoms with E-state index in [1.165, 1.54) is 6.33 Å². The van der Waals surface area contributed by atoms with Crippen molar-refractivity contribution in [1.82, 2.24) is 29.8 Å². The van der Waals surface area contributed by atoms with Crippen LogP contribution in [0.4, 0.5) is 5.82 Å². The third-order valence-corrected chi connectivity index (χ3v) is 11.2. The number of anilines is 1. The highest BCUT2D eigenvalue weighted by atomic mass is 32.1. The van der Waals surface area contributed by atoms with Crippen LogP contribution >= 0.6 is 11.3 Å². The molecule has 56 heavy (non-hydrogen) atoms. The molecule has 14 heteroatoms. The SMILES string of the molecule is CC1(C)O[C@@H]2[C@H](O1)[C@@H](C=CCNC(=O)c1cc(-c3nc4ccccc4s3)cc3c1OC(c1ccccc1)(c1ccccc1)O3)O[C@H]2n1cnc2c(N)ncnc21. The number of nitrogens with zero attached hydrogens (tertiary/aromatic N) is 5. The standard InChI is InChI=1S/C42H35N7O6S/c1-41(2)53-34-29(51-40(35(34)54-41)49-23-47-32-36(43)45-22-46-37(32)49)17-11-19-44-38(50)27-20-24(39-48-28-16-9-10-18-31(28)56-39)21-30-33(27)55-42(52-30,25-12-5-3-6-13-25)26-14-7-4-8-15-26/h3-18,20-23,29,34-35,40H,19H2,1-2H3,(H,44,50)(H2,43,45,46)/t29-,34-,35-,40-/m1/s1. The molecule has 2 fully saturated rings. The van der Waals surface area contributed by atoms with E-state index in [4.69, 9.17) is 34.4 Å². The van der Waals surface area contributed by atoms with E-state index in [0.717, 1.165) is 31.9 Å². The van der Waals surface area contributed by atoms with E-state index in [1.54, 1.807) is 22.2 Å². The van der Waals surface area contributed by atoms with Crippen LogP contribution in [0.2, 0.25) is 0 Å². The number of carbonyl (C=O) groups excluding carboxylic acids is 1.